The van der Waals surface area contributed by atoms with Crippen LogP contribution in [-0.4, -0.2) is 26.4 Å². The Balaban J connectivity index is 1.60. The fraction of sp³-hybridized carbons (Fsp3) is 0.318. The number of benzene rings is 2. The van der Waals surface area contributed by atoms with Crippen LogP contribution in [0.3, 0.4) is 0 Å². The van der Waals surface area contributed by atoms with Gasteiger partial charge in [-0.05, 0) is 63.1 Å². The normalized spacial score (nSPS) is 10.8. The molecule has 0 aliphatic heterocycles. The van der Waals surface area contributed by atoms with Gasteiger partial charge in [0, 0.05) is 17.3 Å². The van der Waals surface area contributed by atoms with E-state index in [1.54, 1.807) is 6.07 Å². The quantitative estimate of drug-likeness (QED) is 0.484. The molecule has 8 heteroatoms. The molecule has 1 N–H and O–H groups in total. The zero-order chi connectivity index (χ0) is 21.7. The molecule has 3 aromatic rings. The third kappa shape index (κ3) is 5.55. The number of aromatic nitrogens is 3. The Kier molecular flexibility index (Phi) is 7.39. The molecule has 0 aliphatic carbocycles. The van der Waals surface area contributed by atoms with Crippen molar-refractivity contribution < 1.29 is 9.53 Å². The number of ether oxygens (including phenoxy) is 1. The summed E-state index contributed by atoms with van der Waals surface area (Å²) in [6.45, 7) is 8.95. The molecular formula is C22H25ClN4O2S. The summed E-state index contributed by atoms with van der Waals surface area (Å²) in [4.78, 5) is 12.4. The Morgan fingerprint density at radius 1 is 1.13 bits per heavy atom. The van der Waals surface area contributed by atoms with Crippen LogP contribution in [0.4, 0.5) is 5.69 Å². The topological polar surface area (TPSA) is 69.0 Å². The Morgan fingerprint density at radius 3 is 2.63 bits per heavy atom. The van der Waals surface area contributed by atoms with Crippen molar-refractivity contribution in [2.24, 2.45) is 0 Å². The van der Waals surface area contributed by atoms with Gasteiger partial charge in [-0.1, -0.05) is 41.1 Å². The van der Waals surface area contributed by atoms with Crippen LogP contribution >= 0.6 is 23.4 Å². The molecule has 1 amide bonds. The lowest BCUT2D eigenvalue weighted by Crippen LogP contribution is -2.15. The number of anilines is 1. The van der Waals surface area contributed by atoms with E-state index in [1.165, 1.54) is 17.3 Å². The summed E-state index contributed by atoms with van der Waals surface area (Å²) in [6.07, 6.45) is 0. The highest BCUT2D eigenvalue weighted by molar-refractivity contribution is 7.99. The molecule has 0 aliphatic rings. The van der Waals surface area contributed by atoms with Crippen LogP contribution in [-0.2, 0) is 17.9 Å². The predicted octanol–water partition coefficient (Wildman–Crippen LogP) is 5.19. The second kappa shape index (κ2) is 10.00. The van der Waals surface area contributed by atoms with Gasteiger partial charge in [-0.3, -0.25) is 4.79 Å². The number of nitrogens with one attached hydrogen (secondary N) is 1. The number of carbonyl (C=O) groups excluding carboxylic acids is 1. The number of nitrogens with zero attached hydrogens (tertiary/aromatic N) is 3. The molecule has 0 saturated carbocycles. The lowest BCUT2D eigenvalue weighted by atomic mass is 10.1. The van der Waals surface area contributed by atoms with Gasteiger partial charge in [-0.25, -0.2) is 0 Å². The number of amides is 1. The predicted molar refractivity (Wildman–Crippen MR) is 121 cm³/mol. The van der Waals surface area contributed by atoms with Crippen molar-refractivity contribution in [3.63, 3.8) is 0 Å². The van der Waals surface area contributed by atoms with E-state index < -0.39 is 0 Å². The second-order valence-electron chi connectivity index (χ2n) is 7.00. The van der Waals surface area contributed by atoms with E-state index in [1.807, 2.05) is 62.6 Å². The monoisotopic (exact) mass is 444 g/mol. The standard InChI is InChI=1S/C22H25ClN4O2S/c1-5-27-20(12-29-19-9-7-17(23)11-16(19)4)25-26-22(27)30-13-21(28)24-18-8-6-14(2)10-15(18)3/h6-11H,5,12-13H2,1-4H3,(H,24,28). The van der Waals surface area contributed by atoms with Crippen molar-refractivity contribution in [2.75, 3.05) is 11.1 Å². The van der Waals surface area contributed by atoms with Crippen LogP contribution in [0.5, 0.6) is 5.75 Å². The average molecular weight is 445 g/mol. The molecule has 3 rings (SSSR count). The van der Waals surface area contributed by atoms with Gasteiger partial charge in [0.15, 0.2) is 11.0 Å². The lowest BCUT2D eigenvalue weighted by Gasteiger charge is -2.11. The molecule has 0 unspecified atom stereocenters. The van der Waals surface area contributed by atoms with Crippen LogP contribution < -0.4 is 10.1 Å². The maximum Gasteiger partial charge on any atom is 0.234 e. The number of hydrogen-bond donors (Lipinski definition) is 1. The molecule has 0 spiro atoms. The summed E-state index contributed by atoms with van der Waals surface area (Å²) in [6, 6.07) is 11.5. The van der Waals surface area contributed by atoms with Gasteiger partial charge in [0.25, 0.3) is 0 Å². The van der Waals surface area contributed by atoms with E-state index in [-0.39, 0.29) is 11.7 Å². The Hall–Kier alpha value is -2.51. The largest absolute Gasteiger partial charge is 0.485 e. The maximum atomic E-state index is 12.4. The minimum atomic E-state index is -0.0767. The number of hydrogen-bond acceptors (Lipinski definition) is 5. The molecule has 0 fully saturated rings. The molecule has 0 saturated heterocycles. The molecule has 6 nitrogen and oxygen atoms in total. The summed E-state index contributed by atoms with van der Waals surface area (Å²) < 4.78 is 7.85. The molecule has 0 atom stereocenters. The fourth-order valence-corrected chi connectivity index (χ4v) is 4.09. The van der Waals surface area contributed by atoms with Crippen molar-refractivity contribution >= 4 is 35.0 Å². The molecule has 1 heterocycles. The molecule has 1 aromatic heterocycles. The van der Waals surface area contributed by atoms with Gasteiger partial charge >= 0.3 is 0 Å². The molecule has 0 bridgehead atoms. The Labute approximate surface area is 186 Å². The SMILES string of the molecule is CCn1c(COc2ccc(Cl)cc2C)nnc1SCC(=O)Nc1ccc(C)cc1C. The van der Waals surface area contributed by atoms with Crippen LogP contribution in [0.25, 0.3) is 0 Å². The lowest BCUT2D eigenvalue weighted by molar-refractivity contribution is -0.113. The van der Waals surface area contributed by atoms with Crippen molar-refractivity contribution in [3.05, 3.63) is 63.9 Å². The first-order valence-electron chi connectivity index (χ1n) is 9.68. The zero-order valence-electron chi connectivity index (χ0n) is 17.5. The summed E-state index contributed by atoms with van der Waals surface area (Å²) >= 11 is 7.35. The van der Waals surface area contributed by atoms with E-state index in [4.69, 9.17) is 16.3 Å². The highest BCUT2D eigenvalue weighted by atomic mass is 35.5. The van der Waals surface area contributed by atoms with Crippen LogP contribution in [0.15, 0.2) is 41.6 Å². The minimum Gasteiger partial charge on any atom is -0.485 e. The smallest absolute Gasteiger partial charge is 0.234 e. The summed E-state index contributed by atoms with van der Waals surface area (Å²) in [5, 5.41) is 12.8. The van der Waals surface area contributed by atoms with E-state index in [0.717, 1.165) is 22.6 Å². The van der Waals surface area contributed by atoms with E-state index in [0.29, 0.717) is 29.2 Å². The third-order valence-electron chi connectivity index (χ3n) is 4.59. The van der Waals surface area contributed by atoms with Crippen molar-refractivity contribution in [1.82, 2.24) is 14.8 Å². The Morgan fingerprint density at radius 2 is 1.93 bits per heavy atom. The van der Waals surface area contributed by atoms with Crippen LogP contribution in [0.1, 0.15) is 29.4 Å². The fourth-order valence-electron chi connectivity index (χ4n) is 3.04. The summed E-state index contributed by atoms with van der Waals surface area (Å²) in [7, 11) is 0. The van der Waals surface area contributed by atoms with Gasteiger partial charge in [-0.2, -0.15) is 0 Å². The molecule has 2 aromatic carbocycles. The molecule has 30 heavy (non-hydrogen) atoms. The van der Waals surface area contributed by atoms with Gasteiger partial charge in [-0.15, -0.1) is 10.2 Å². The molecule has 158 valence electrons. The first kappa shape index (κ1) is 22.2. The van der Waals surface area contributed by atoms with Gasteiger partial charge < -0.3 is 14.6 Å². The van der Waals surface area contributed by atoms with E-state index in [9.17, 15) is 4.79 Å². The van der Waals surface area contributed by atoms with Crippen molar-refractivity contribution in [3.8, 4) is 5.75 Å². The minimum absolute atomic E-state index is 0.0767. The van der Waals surface area contributed by atoms with Gasteiger partial charge in [0.2, 0.25) is 5.91 Å². The number of aryl methyl sites for hydroxylation is 3. The number of halogens is 1. The van der Waals surface area contributed by atoms with Crippen molar-refractivity contribution in [1.29, 1.82) is 0 Å². The van der Waals surface area contributed by atoms with Crippen molar-refractivity contribution in [2.45, 2.75) is 46.0 Å². The van der Waals surface area contributed by atoms with Crippen LogP contribution in [0, 0.1) is 20.8 Å². The highest BCUT2D eigenvalue weighted by Gasteiger charge is 2.14. The molecule has 0 radical (unpaired) electrons. The van der Waals surface area contributed by atoms with Gasteiger partial charge in [0.1, 0.15) is 12.4 Å². The summed E-state index contributed by atoms with van der Waals surface area (Å²) in [5.41, 5.74) is 4.00. The summed E-state index contributed by atoms with van der Waals surface area (Å²) in [5.74, 6) is 1.64. The first-order valence-corrected chi connectivity index (χ1v) is 11.0. The Bertz CT molecular complexity index is 1050. The third-order valence-corrected chi connectivity index (χ3v) is 5.79. The van der Waals surface area contributed by atoms with E-state index in [2.05, 4.69) is 15.5 Å². The zero-order valence-corrected chi connectivity index (χ0v) is 19.1. The van der Waals surface area contributed by atoms with Crippen LogP contribution in [0.2, 0.25) is 5.02 Å². The number of thioether (sulfide) groups is 1. The highest BCUT2D eigenvalue weighted by Crippen LogP contribution is 2.24. The number of rotatable bonds is 8. The van der Waals surface area contributed by atoms with Gasteiger partial charge in [0.05, 0.1) is 5.75 Å². The second-order valence-corrected chi connectivity index (χ2v) is 8.38. The maximum absolute atomic E-state index is 12.4. The average Bonchev–Trinajstić information content (AvgIpc) is 3.09. The molecular weight excluding hydrogens is 420 g/mol. The van der Waals surface area contributed by atoms with E-state index >= 15 is 0 Å². The number of carbonyl (C=O) groups is 1. The first-order chi connectivity index (χ1) is 14.4.